The van der Waals surface area contributed by atoms with Crippen LogP contribution in [-0.4, -0.2) is 4.98 Å². The number of anilines is 2. The van der Waals surface area contributed by atoms with Gasteiger partial charge in [-0.1, -0.05) is 66.7 Å². The van der Waals surface area contributed by atoms with Crippen molar-refractivity contribution in [1.29, 1.82) is 0 Å². The van der Waals surface area contributed by atoms with E-state index in [1.165, 1.54) is 11.1 Å². The molecule has 0 radical (unpaired) electrons. The lowest BCUT2D eigenvalue weighted by Gasteiger charge is -2.20. The van der Waals surface area contributed by atoms with E-state index in [0.29, 0.717) is 5.82 Å². The van der Waals surface area contributed by atoms with Crippen molar-refractivity contribution in [2.45, 2.75) is 6.04 Å². The molecule has 21 heavy (non-hydrogen) atoms. The highest BCUT2D eigenvalue weighted by Gasteiger charge is 2.13. The molecular formula is C18H17N3. The van der Waals surface area contributed by atoms with Crippen LogP contribution in [0.3, 0.4) is 0 Å². The van der Waals surface area contributed by atoms with Gasteiger partial charge in [0.15, 0.2) is 0 Å². The average Bonchev–Trinajstić information content (AvgIpc) is 2.54. The first kappa shape index (κ1) is 13.2. The number of nitrogens with two attached hydrogens (primary N) is 1. The standard InChI is InChI=1S/C18H17N3/c19-16-12-7-13-17(20-16)21-18(14-8-3-1-4-9-14)15-10-5-2-6-11-15/h1-13,18H,(H3,19,20,21). The van der Waals surface area contributed by atoms with E-state index < -0.39 is 0 Å². The summed E-state index contributed by atoms with van der Waals surface area (Å²) in [6.07, 6.45) is 0. The molecule has 3 nitrogen and oxygen atoms in total. The van der Waals surface area contributed by atoms with Gasteiger partial charge in [-0.25, -0.2) is 4.98 Å². The Labute approximate surface area is 124 Å². The Hall–Kier alpha value is -2.81. The fraction of sp³-hybridized carbons (Fsp3) is 0.0556. The minimum Gasteiger partial charge on any atom is -0.384 e. The van der Waals surface area contributed by atoms with E-state index in [1.54, 1.807) is 6.07 Å². The Bertz CT molecular complexity index is 656. The van der Waals surface area contributed by atoms with E-state index in [4.69, 9.17) is 5.73 Å². The van der Waals surface area contributed by atoms with E-state index in [9.17, 15) is 0 Å². The summed E-state index contributed by atoms with van der Waals surface area (Å²) in [4.78, 5) is 4.33. The number of hydrogen-bond donors (Lipinski definition) is 2. The van der Waals surface area contributed by atoms with Gasteiger partial charge in [-0.2, -0.15) is 0 Å². The summed E-state index contributed by atoms with van der Waals surface area (Å²) >= 11 is 0. The number of hydrogen-bond acceptors (Lipinski definition) is 3. The fourth-order valence-corrected chi connectivity index (χ4v) is 2.33. The van der Waals surface area contributed by atoms with E-state index in [2.05, 4.69) is 34.6 Å². The fourth-order valence-electron chi connectivity index (χ4n) is 2.33. The molecule has 104 valence electrons. The Balaban J connectivity index is 1.97. The third-order valence-corrected chi connectivity index (χ3v) is 3.33. The van der Waals surface area contributed by atoms with Crippen LogP contribution >= 0.6 is 0 Å². The number of rotatable bonds is 4. The molecule has 0 amide bonds. The molecule has 2 aromatic carbocycles. The summed E-state index contributed by atoms with van der Waals surface area (Å²) in [5, 5.41) is 3.46. The number of pyridine rings is 1. The monoisotopic (exact) mass is 275 g/mol. The minimum atomic E-state index is 0.0432. The maximum Gasteiger partial charge on any atom is 0.129 e. The van der Waals surface area contributed by atoms with E-state index in [1.807, 2.05) is 48.5 Å². The average molecular weight is 275 g/mol. The smallest absolute Gasteiger partial charge is 0.129 e. The molecule has 0 aliphatic heterocycles. The maximum atomic E-state index is 5.76. The Morgan fingerprint density at radius 1 is 0.714 bits per heavy atom. The summed E-state index contributed by atoms with van der Waals surface area (Å²) in [7, 11) is 0. The third-order valence-electron chi connectivity index (χ3n) is 3.33. The summed E-state index contributed by atoms with van der Waals surface area (Å²) < 4.78 is 0. The molecule has 0 fully saturated rings. The number of nitrogen functional groups attached to an aromatic ring is 1. The van der Waals surface area contributed by atoms with Crippen molar-refractivity contribution < 1.29 is 0 Å². The highest BCUT2D eigenvalue weighted by Crippen LogP contribution is 2.25. The predicted octanol–water partition coefficient (Wildman–Crippen LogP) is 3.87. The van der Waals surface area contributed by atoms with E-state index in [0.717, 1.165) is 5.82 Å². The number of aromatic nitrogens is 1. The molecule has 1 aromatic heterocycles. The first-order valence-corrected chi connectivity index (χ1v) is 6.92. The molecule has 3 rings (SSSR count). The SMILES string of the molecule is Nc1cccc(NC(c2ccccc2)c2ccccc2)n1. The largest absolute Gasteiger partial charge is 0.384 e. The van der Waals surface area contributed by atoms with Gasteiger partial charge in [-0.15, -0.1) is 0 Å². The summed E-state index contributed by atoms with van der Waals surface area (Å²) in [6, 6.07) is 26.3. The second kappa shape index (κ2) is 6.09. The van der Waals surface area contributed by atoms with E-state index >= 15 is 0 Å². The summed E-state index contributed by atoms with van der Waals surface area (Å²) in [5.41, 5.74) is 8.14. The normalized spacial score (nSPS) is 10.5. The predicted molar refractivity (Wildman–Crippen MR) is 87.0 cm³/mol. The third kappa shape index (κ3) is 3.20. The first-order chi connectivity index (χ1) is 10.3. The van der Waals surface area contributed by atoms with Crippen LogP contribution in [0.1, 0.15) is 17.2 Å². The van der Waals surface area contributed by atoms with Crippen LogP contribution in [0.15, 0.2) is 78.9 Å². The van der Waals surface area contributed by atoms with Crippen molar-refractivity contribution in [2.75, 3.05) is 11.1 Å². The van der Waals surface area contributed by atoms with E-state index in [-0.39, 0.29) is 6.04 Å². The topological polar surface area (TPSA) is 50.9 Å². The van der Waals surface area contributed by atoms with Gasteiger partial charge in [0.1, 0.15) is 11.6 Å². The number of nitrogens with one attached hydrogen (secondary N) is 1. The molecule has 0 bridgehead atoms. The molecule has 0 aliphatic carbocycles. The molecule has 0 spiro atoms. The van der Waals surface area contributed by atoms with Gasteiger partial charge in [-0.05, 0) is 23.3 Å². The highest BCUT2D eigenvalue weighted by atomic mass is 15.0. The van der Waals surface area contributed by atoms with Gasteiger partial charge in [0.25, 0.3) is 0 Å². The van der Waals surface area contributed by atoms with Crippen LogP contribution in [0.2, 0.25) is 0 Å². The lowest BCUT2D eigenvalue weighted by Crippen LogP contribution is -2.13. The van der Waals surface area contributed by atoms with Gasteiger partial charge in [-0.3, -0.25) is 0 Å². The van der Waals surface area contributed by atoms with Gasteiger partial charge < -0.3 is 11.1 Å². The molecule has 0 saturated heterocycles. The number of nitrogens with zero attached hydrogens (tertiary/aromatic N) is 1. The quantitative estimate of drug-likeness (QED) is 0.760. The molecule has 0 saturated carbocycles. The zero-order chi connectivity index (χ0) is 14.5. The van der Waals surface area contributed by atoms with Crippen LogP contribution in [0, 0.1) is 0 Å². The Morgan fingerprint density at radius 2 is 1.29 bits per heavy atom. The van der Waals surface area contributed by atoms with Crippen molar-refractivity contribution in [3.05, 3.63) is 90.0 Å². The van der Waals surface area contributed by atoms with Gasteiger partial charge in [0, 0.05) is 0 Å². The van der Waals surface area contributed by atoms with Crippen LogP contribution in [0.4, 0.5) is 11.6 Å². The molecule has 3 aromatic rings. The lowest BCUT2D eigenvalue weighted by atomic mass is 9.99. The molecule has 0 unspecified atom stereocenters. The molecule has 0 aliphatic rings. The summed E-state index contributed by atoms with van der Waals surface area (Å²) in [6.45, 7) is 0. The lowest BCUT2D eigenvalue weighted by molar-refractivity contribution is 0.927. The highest BCUT2D eigenvalue weighted by molar-refractivity contribution is 5.47. The van der Waals surface area contributed by atoms with Crippen molar-refractivity contribution in [3.8, 4) is 0 Å². The van der Waals surface area contributed by atoms with Crippen molar-refractivity contribution in [2.24, 2.45) is 0 Å². The van der Waals surface area contributed by atoms with Crippen molar-refractivity contribution in [1.82, 2.24) is 4.98 Å². The molecular weight excluding hydrogens is 258 g/mol. The Morgan fingerprint density at radius 3 is 1.81 bits per heavy atom. The Kier molecular flexibility index (Phi) is 3.83. The van der Waals surface area contributed by atoms with Crippen LogP contribution in [0.25, 0.3) is 0 Å². The van der Waals surface area contributed by atoms with Gasteiger partial charge in [0.2, 0.25) is 0 Å². The zero-order valence-electron chi connectivity index (χ0n) is 11.6. The number of benzene rings is 2. The molecule has 3 heteroatoms. The zero-order valence-corrected chi connectivity index (χ0v) is 11.6. The van der Waals surface area contributed by atoms with Gasteiger partial charge in [0.05, 0.1) is 6.04 Å². The minimum absolute atomic E-state index is 0.0432. The maximum absolute atomic E-state index is 5.76. The second-order valence-electron chi connectivity index (χ2n) is 4.85. The molecule has 0 atom stereocenters. The second-order valence-corrected chi connectivity index (χ2v) is 4.85. The van der Waals surface area contributed by atoms with Gasteiger partial charge >= 0.3 is 0 Å². The van der Waals surface area contributed by atoms with Crippen molar-refractivity contribution in [3.63, 3.8) is 0 Å². The first-order valence-electron chi connectivity index (χ1n) is 6.92. The van der Waals surface area contributed by atoms with Crippen LogP contribution < -0.4 is 11.1 Å². The van der Waals surface area contributed by atoms with Crippen LogP contribution in [0.5, 0.6) is 0 Å². The summed E-state index contributed by atoms with van der Waals surface area (Å²) in [5.74, 6) is 1.28. The molecule has 1 heterocycles. The van der Waals surface area contributed by atoms with Crippen LogP contribution in [-0.2, 0) is 0 Å². The molecule has 3 N–H and O–H groups in total. The van der Waals surface area contributed by atoms with Crippen molar-refractivity contribution >= 4 is 11.6 Å².